The van der Waals surface area contributed by atoms with Crippen molar-refractivity contribution in [2.75, 3.05) is 12.5 Å². The van der Waals surface area contributed by atoms with Crippen LogP contribution in [0.1, 0.15) is 11.4 Å². The van der Waals surface area contributed by atoms with Gasteiger partial charge in [0.2, 0.25) is 0 Å². The molecule has 0 aliphatic heterocycles. The molecule has 2 aromatic heterocycles. The Morgan fingerprint density at radius 2 is 1.19 bits per heavy atom. The minimum Gasteiger partial charge on any atom is -0.561 e. The van der Waals surface area contributed by atoms with Gasteiger partial charge in [-0.1, -0.05) is 36.6 Å². The second-order valence-electron chi connectivity index (χ2n) is 4.52. The van der Waals surface area contributed by atoms with Gasteiger partial charge in [-0.05, 0) is 45.4 Å². The van der Waals surface area contributed by atoms with Gasteiger partial charge < -0.3 is 21.1 Å². The van der Waals surface area contributed by atoms with Gasteiger partial charge in [-0.2, -0.15) is 0 Å². The molecule has 0 fully saturated rings. The molecule has 2 heterocycles. The molecular weight excluding hydrogens is 563 g/mol. The van der Waals surface area contributed by atoms with Crippen molar-refractivity contribution in [3.63, 3.8) is 0 Å². The Morgan fingerprint density at radius 1 is 0.844 bits per heavy atom. The van der Waals surface area contributed by atoms with Crippen LogP contribution in [0.5, 0.6) is 0 Å². The van der Waals surface area contributed by atoms with E-state index >= 15 is 0 Å². The monoisotopic (exact) mass is 578 g/mol. The Kier molecular flexibility index (Phi) is 21.0. The number of rotatable bonds is 4. The van der Waals surface area contributed by atoms with Crippen LogP contribution in [0.25, 0.3) is 10.9 Å². The Labute approximate surface area is 217 Å². The molecule has 0 spiro atoms. The molecule has 16 heteroatoms. The van der Waals surface area contributed by atoms with Crippen molar-refractivity contribution in [3.05, 3.63) is 71.0 Å². The number of halogens is 1. The summed E-state index contributed by atoms with van der Waals surface area (Å²) in [4.78, 5) is 8.08. The summed E-state index contributed by atoms with van der Waals surface area (Å²) in [6.07, 6.45) is 10.3. The van der Waals surface area contributed by atoms with E-state index < -0.39 is 10.2 Å². The molecule has 0 saturated carbocycles. The molecule has 0 aliphatic rings. The first-order valence-corrected chi connectivity index (χ1v) is 12.2. The zero-order chi connectivity index (χ0) is 23.5. The number of hydrogen-bond donors (Lipinski definition) is 0. The number of aromatic nitrogens is 2. The molecule has 10 nitrogen and oxygen atoms in total. The average Bonchev–Trinajstić information content (AvgIpc) is 2.74. The number of nitrogens with zero attached hydrogens (tertiary/aromatic N) is 6. The van der Waals surface area contributed by atoms with Gasteiger partial charge in [0.05, 0.1) is 11.4 Å². The van der Waals surface area contributed by atoms with Gasteiger partial charge in [-0.3, -0.25) is 9.97 Å². The van der Waals surface area contributed by atoms with Gasteiger partial charge in [0.25, 0.3) is 0 Å². The van der Waals surface area contributed by atoms with Crippen LogP contribution < -0.4 is 18.6 Å². The normalized spacial score (nSPS) is 10.2. The predicted molar refractivity (Wildman–Crippen MR) is 123 cm³/mol. The van der Waals surface area contributed by atoms with Crippen molar-refractivity contribution >= 4 is 69.0 Å². The molecule has 0 radical (unpaired) electrons. The van der Waals surface area contributed by atoms with Crippen molar-refractivity contribution in [1.29, 1.82) is 0 Å². The zero-order valence-electron chi connectivity index (χ0n) is 16.4. The summed E-state index contributed by atoms with van der Waals surface area (Å²) in [6.45, 7) is 0. The van der Waals surface area contributed by atoms with Crippen LogP contribution in [0.3, 0.4) is 0 Å². The summed E-state index contributed by atoms with van der Waals surface area (Å²) in [5.41, 5.74) is 9.07. The van der Waals surface area contributed by atoms with E-state index in [4.69, 9.17) is 43.1 Å². The van der Waals surface area contributed by atoms with Gasteiger partial charge in [-0.15, -0.1) is 33.8 Å². The molecule has 0 bridgehead atoms. The molecule has 0 N–H and O–H groups in total. The minimum atomic E-state index is -4.94. The topological polar surface area (TPSA) is 171 Å². The molecule has 32 heavy (non-hydrogen) atoms. The van der Waals surface area contributed by atoms with Crippen molar-refractivity contribution < 1.29 is 45.7 Å². The Bertz CT molecular complexity index is 763. The first-order chi connectivity index (χ1) is 14.7. The second-order valence-corrected chi connectivity index (χ2v) is 8.15. The maximum atomic E-state index is 8.49. The van der Waals surface area contributed by atoms with Crippen LogP contribution in [0.2, 0.25) is 0 Å². The first kappa shape index (κ1) is 32.9. The third-order valence-electron chi connectivity index (χ3n) is 2.38. The van der Waals surface area contributed by atoms with E-state index in [0.717, 1.165) is 11.4 Å². The maximum absolute atomic E-state index is 8.49. The largest absolute Gasteiger partial charge is 3.00 e. The molecule has 0 atom stereocenters. The molecule has 0 unspecified atom stereocenters. The van der Waals surface area contributed by atoms with Gasteiger partial charge in [-0.25, -0.2) is 18.6 Å². The molecule has 0 saturated heterocycles. The van der Waals surface area contributed by atoms with Crippen molar-refractivity contribution in [2.24, 2.45) is 10.2 Å². The van der Waals surface area contributed by atoms with Crippen LogP contribution in [-0.4, -0.2) is 43.5 Å². The average molecular weight is 579 g/mol. The molecule has 0 aliphatic carbocycles. The van der Waals surface area contributed by atoms with E-state index in [1.807, 2.05) is 48.9 Å². The molecule has 2 rings (SSSR count). The summed E-state index contributed by atoms with van der Waals surface area (Å²) >= 11 is 12.4. The molecule has 0 aromatic carbocycles. The Morgan fingerprint density at radius 3 is 1.44 bits per heavy atom. The van der Waals surface area contributed by atoms with Gasteiger partial charge in [0, 0.05) is 24.8 Å². The van der Waals surface area contributed by atoms with E-state index in [1.54, 1.807) is 24.8 Å². The number of thioether (sulfide) groups is 2. The number of hydrogen-bond acceptors (Lipinski definition) is 12. The van der Waals surface area contributed by atoms with E-state index in [1.165, 1.54) is 23.5 Å². The van der Waals surface area contributed by atoms with Gasteiger partial charge in [0.1, 0.15) is 0 Å². The Hall–Kier alpha value is -1.24. The quantitative estimate of drug-likeness (QED) is 0.275. The van der Waals surface area contributed by atoms with Gasteiger partial charge in [0.15, 0.2) is 0 Å². The Balaban J connectivity index is 0. The fourth-order valence-corrected chi connectivity index (χ4v) is 1.61. The summed E-state index contributed by atoms with van der Waals surface area (Å²) in [7, 11) is -4.94. The van der Waals surface area contributed by atoms with Crippen molar-refractivity contribution in [1.82, 2.24) is 9.97 Å². The number of pyridine rings is 2. The third kappa shape index (κ3) is 23.4. The van der Waals surface area contributed by atoms with E-state index in [9.17, 15) is 0 Å². The second kappa shape index (κ2) is 20.4. The summed E-state index contributed by atoms with van der Waals surface area (Å²) in [5.74, 6) is 0. The predicted octanol–water partition coefficient (Wildman–Crippen LogP) is 0.116. The molecular formula is C16H16ClCoN6O4S4. The summed E-state index contributed by atoms with van der Waals surface area (Å²) < 4.78 is 35.0. The molecule has 174 valence electrons. The van der Waals surface area contributed by atoms with Crippen molar-refractivity contribution in [2.45, 2.75) is 0 Å². The van der Waals surface area contributed by atoms with Crippen LogP contribution >= 0.6 is 48.0 Å². The SMILES string of the molecule is CSC(=S)[N-]/N=C/c1ccccn1.CSC(=S)[N-]/N=C/c1ccccn1.[Co+3].[O-][Cl+3]([O-])([O-])[O-]. The van der Waals surface area contributed by atoms with E-state index in [0.29, 0.717) is 8.64 Å². The smallest absolute Gasteiger partial charge is 0.561 e. The maximum Gasteiger partial charge on any atom is 3.00 e. The van der Waals surface area contributed by atoms with Crippen LogP contribution in [-0.2, 0) is 16.8 Å². The summed E-state index contributed by atoms with van der Waals surface area (Å²) in [6, 6.07) is 11.2. The molecule has 2 aromatic rings. The van der Waals surface area contributed by atoms with Crippen LogP contribution in [0.4, 0.5) is 0 Å². The van der Waals surface area contributed by atoms with Crippen LogP contribution in [0.15, 0.2) is 59.0 Å². The standard InChI is InChI=1S/2C8H9N3S2.ClHO4.Co/c2*1-13-8(12)11-10-6-7-4-2-3-5-9-7;2-1(3,4)5;/h2*2-6H,1H3,(H,9,11,12);(H,2,3,4,5);/q;;;+3/p-3. The fraction of sp³-hybridized carbons (Fsp3) is 0.125. The van der Waals surface area contributed by atoms with E-state index in [2.05, 4.69) is 31.0 Å². The summed E-state index contributed by atoms with van der Waals surface area (Å²) in [5, 5.41) is 7.58. The first-order valence-electron chi connectivity index (χ1n) is 7.73. The third-order valence-corrected chi connectivity index (χ3v) is 4.41. The fourth-order valence-electron chi connectivity index (χ4n) is 1.26. The van der Waals surface area contributed by atoms with Gasteiger partial charge >= 0.3 is 16.8 Å². The molecule has 0 amide bonds. The van der Waals surface area contributed by atoms with Crippen LogP contribution in [0, 0.1) is 10.2 Å². The van der Waals surface area contributed by atoms with Crippen molar-refractivity contribution in [3.8, 4) is 0 Å². The number of thiocarbonyl (C=S) groups is 2. The minimum absolute atomic E-state index is 0. The zero-order valence-corrected chi connectivity index (χ0v) is 21.5. The van der Waals surface area contributed by atoms with E-state index in [-0.39, 0.29) is 16.8 Å².